The van der Waals surface area contributed by atoms with Crippen molar-refractivity contribution in [1.82, 2.24) is 20.3 Å². The molecule has 2 aromatic rings. The normalized spacial score (nSPS) is 12.1. The lowest BCUT2D eigenvalue weighted by atomic mass is 10.3. The van der Waals surface area contributed by atoms with E-state index in [1.54, 1.807) is 19.3 Å². The van der Waals surface area contributed by atoms with E-state index < -0.39 is 5.82 Å². The third kappa shape index (κ3) is 2.66. The van der Waals surface area contributed by atoms with Crippen LogP contribution in [-0.4, -0.2) is 20.9 Å². The zero-order valence-electron chi connectivity index (χ0n) is 9.14. The summed E-state index contributed by atoms with van der Waals surface area (Å²) in [6, 6.07) is 2.27. The molecular formula is C11H11FN4O. The van der Waals surface area contributed by atoms with Crippen molar-refractivity contribution in [1.29, 1.82) is 0 Å². The van der Waals surface area contributed by atoms with E-state index in [0.29, 0.717) is 5.82 Å². The molecule has 5 nitrogen and oxygen atoms in total. The SMILES string of the molecule is CC(NC(=O)c1ccc(F)cn1)c1ncc[nH]1. The minimum absolute atomic E-state index is 0.171. The fraction of sp³-hybridized carbons (Fsp3) is 0.182. The fourth-order valence-electron chi connectivity index (χ4n) is 1.36. The Hall–Kier alpha value is -2.24. The minimum atomic E-state index is -0.472. The summed E-state index contributed by atoms with van der Waals surface area (Å²) >= 11 is 0. The number of nitrogens with zero attached hydrogens (tertiary/aromatic N) is 2. The Balaban J connectivity index is 2.04. The van der Waals surface area contributed by atoms with Gasteiger partial charge in [-0.05, 0) is 19.1 Å². The Morgan fingerprint density at radius 1 is 1.47 bits per heavy atom. The van der Waals surface area contributed by atoms with Gasteiger partial charge in [-0.2, -0.15) is 0 Å². The Morgan fingerprint density at radius 2 is 2.29 bits per heavy atom. The van der Waals surface area contributed by atoms with Crippen LogP contribution in [0.2, 0.25) is 0 Å². The summed E-state index contributed by atoms with van der Waals surface area (Å²) in [7, 11) is 0. The van der Waals surface area contributed by atoms with Crippen molar-refractivity contribution in [3.63, 3.8) is 0 Å². The Morgan fingerprint density at radius 3 is 2.88 bits per heavy atom. The fourth-order valence-corrected chi connectivity index (χ4v) is 1.36. The number of amides is 1. The van der Waals surface area contributed by atoms with E-state index in [1.807, 2.05) is 0 Å². The van der Waals surface area contributed by atoms with Gasteiger partial charge in [-0.15, -0.1) is 0 Å². The van der Waals surface area contributed by atoms with Crippen LogP contribution >= 0.6 is 0 Å². The molecule has 1 unspecified atom stereocenters. The molecule has 0 radical (unpaired) electrons. The summed E-state index contributed by atoms with van der Waals surface area (Å²) < 4.78 is 12.6. The van der Waals surface area contributed by atoms with E-state index in [4.69, 9.17) is 0 Å². The Bertz CT molecular complexity index is 495. The molecule has 0 spiro atoms. The van der Waals surface area contributed by atoms with Gasteiger partial charge in [-0.3, -0.25) is 4.79 Å². The molecule has 0 saturated carbocycles. The summed E-state index contributed by atoms with van der Waals surface area (Å²) in [5, 5.41) is 2.70. The first-order chi connectivity index (χ1) is 8.16. The molecular weight excluding hydrogens is 223 g/mol. The number of imidazole rings is 1. The van der Waals surface area contributed by atoms with Gasteiger partial charge in [0.25, 0.3) is 5.91 Å². The van der Waals surface area contributed by atoms with E-state index in [0.717, 1.165) is 6.20 Å². The van der Waals surface area contributed by atoms with E-state index in [-0.39, 0.29) is 17.6 Å². The number of carbonyl (C=O) groups excluding carboxylic acids is 1. The van der Waals surface area contributed by atoms with E-state index in [9.17, 15) is 9.18 Å². The average molecular weight is 234 g/mol. The molecule has 2 heterocycles. The highest BCUT2D eigenvalue weighted by molar-refractivity contribution is 5.92. The molecule has 1 amide bonds. The first-order valence-electron chi connectivity index (χ1n) is 5.08. The maximum Gasteiger partial charge on any atom is 0.270 e. The van der Waals surface area contributed by atoms with Crippen molar-refractivity contribution in [3.05, 3.63) is 48.1 Å². The molecule has 0 aliphatic heterocycles. The predicted molar refractivity (Wildman–Crippen MR) is 58.7 cm³/mol. The van der Waals surface area contributed by atoms with Crippen LogP contribution in [-0.2, 0) is 0 Å². The Labute approximate surface area is 97.1 Å². The number of H-pyrrole nitrogens is 1. The molecule has 0 aliphatic carbocycles. The first kappa shape index (κ1) is 11.3. The molecule has 0 saturated heterocycles. The van der Waals surface area contributed by atoms with Gasteiger partial charge in [0.2, 0.25) is 0 Å². The molecule has 88 valence electrons. The van der Waals surface area contributed by atoms with E-state index in [2.05, 4.69) is 20.3 Å². The van der Waals surface area contributed by atoms with Gasteiger partial charge >= 0.3 is 0 Å². The standard InChI is InChI=1S/C11H11FN4O/c1-7(10-13-4-5-14-10)16-11(17)9-3-2-8(12)6-15-9/h2-7H,1H3,(H,13,14)(H,16,17). The van der Waals surface area contributed by atoms with Crippen LogP contribution in [0.4, 0.5) is 4.39 Å². The maximum atomic E-state index is 12.6. The molecule has 0 aromatic carbocycles. The van der Waals surface area contributed by atoms with Crippen molar-refractivity contribution in [2.75, 3.05) is 0 Å². The molecule has 1 atom stereocenters. The van der Waals surface area contributed by atoms with Gasteiger partial charge in [0.1, 0.15) is 17.3 Å². The van der Waals surface area contributed by atoms with Crippen LogP contribution in [0, 0.1) is 5.82 Å². The number of nitrogens with one attached hydrogen (secondary N) is 2. The number of rotatable bonds is 3. The van der Waals surface area contributed by atoms with Crippen molar-refractivity contribution < 1.29 is 9.18 Å². The quantitative estimate of drug-likeness (QED) is 0.844. The van der Waals surface area contributed by atoms with Crippen LogP contribution < -0.4 is 5.32 Å². The highest BCUT2D eigenvalue weighted by Gasteiger charge is 2.13. The zero-order valence-corrected chi connectivity index (χ0v) is 9.14. The summed E-state index contributed by atoms with van der Waals surface area (Å²) in [5.74, 6) is -0.185. The number of hydrogen-bond donors (Lipinski definition) is 2. The van der Waals surface area contributed by atoms with Gasteiger partial charge in [0.05, 0.1) is 12.2 Å². The zero-order chi connectivity index (χ0) is 12.3. The summed E-state index contributed by atoms with van der Waals surface area (Å²) in [6.45, 7) is 1.79. The molecule has 17 heavy (non-hydrogen) atoms. The molecule has 0 aliphatic rings. The smallest absolute Gasteiger partial charge is 0.270 e. The van der Waals surface area contributed by atoms with Crippen molar-refractivity contribution >= 4 is 5.91 Å². The highest BCUT2D eigenvalue weighted by Crippen LogP contribution is 2.06. The van der Waals surface area contributed by atoms with Gasteiger partial charge in [-0.1, -0.05) is 0 Å². The third-order valence-corrected chi connectivity index (χ3v) is 2.24. The molecule has 0 fully saturated rings. The molecule has 2 aromatic heterocycles. The van der Waals surface area contributed by atoms with E-state index >= 15 is 0 Å². The van der Waals surface area contributed by atoms with Crippen LogP contribution in [0.3, 0.4) is 0 Å². The van der Waals surface area contributed by atoms with Gasteiger partial charge in [0, 0.05) is 12.4 Å². The lowest BCUT2D eigenvalue weighted by molar-refractivity contribution is 0.0933. The van der Waals surface area contributed by atoms with Crippen LogP contribution in [0.25, 0.3) is 0 Å². The summed E-state index contributed by atoms with van der Waals surface area (Å²) in [5.41, 5.74) is 0.171. The second kappa shape index (κ2) is 4.73. The van der Waals surface area contributed by atoms with Crippen LogP contribution in [0.5, 0.6) is 0 Å². The predicted octanol–water partition coefficient (Wildman–Crippen LogP) is 1.43. The second-order valence-electron chi connectivity index (χ2n) is 3.53. The second-order valence-corrected chi connectivity index (χ2v) is 3.53. The van der Waals surface area contributed by atoms with Crippen molar-refractivity contribution in [3.8, 4) is 0 Å². The number of aromatic nitrogens is 3. The number of aromatic amines is 1. The summed E-state index contributed by atoms with van der Waals surface area (Å²) in [4.78, 5) is 22.3. The largest absolute Gasteiger partial charge is 0.347 e. The average Bonchev–Trinajstić information content (AvgIpc) is 2.83. The first-order valence-corrected chi connectivity index (χ1v) is 5.08. The number of pyridine rings is 1. The topological polar surface area (TPSA) is 70.7 Å². The Kier molecular flexibility index (Phi) is 3.13. The van der Waals surface area contributed by atoms with Crippen molar-refractivity contribution in [2.45, 2.75) is 13.0 Å². The molecule has 6 heteroatoms. The maximum absolute atomic E-state index is 12.6. The number of hydrogen-bond acceptors (Lipinski definition) is 3. The number of halogens is 1. The van der Waals surface area contributed by atoms with Crippen LogP contribution in [0.15, 0.2) is 30.7 Å². The lowest BCUT2D eigenvalue weighted by Gasteiger charge is -2.10. The molecule has 2 rings (SSSR count). The minimum Gasteiger partial charge on any atom is -0.347 e. The number of carbonyl (C=O) groups is 1. The monoisotopic (exact) mass is 234 g/mol. The molecule has 0 bridgehead atoms. The highest BCUT2D eigenvalue weighted by atomic mass is 19.1. The van der Waals surface area contributed by atoms with Crippen LogP contribution in [0.1, 0.15) is 29.3 Å². The van der Waals surface area contributed by atoms with E-state index in [1.165, 1.54) is 12.1 Å². The van der Waals surface area contributed by atoms with Gasteiger partial charge in [0.15, 0.2) is 0 Å². The van der Waals surface area contributed by atoms with Gasteiger partial charge in [-0.25, -0.2) is 14.4 Å². The third-order valence-electron chi connectivity index (χ3n) is 2.24. The molecule has 2 N–H and O–H groups in total. The van der Waals surface area contributed by atoms with Gasteiger partial charge < -0.3 is 10.3 Å². The lowest BCUT2D eigenvalue weighted by Crippen LogP contribution is -2.28. The summed E-state index contributed by atoms with van der Waals surface area (Å²) in [6.07, 6.45) is 4.29. The van der Waals surface area contributed by atoms with Crippen molar-refractivity contribution in [2.24, 2.45) is 0 Å².